The van der Waals surface area contributed by atoms with Crippen molar-refractivity contribution in [2.75, 3.05) is 29.9 Å². The van der Waals surface area contributed by atoms with Crippen LogP contribution in [-0.2, 0) is 0 Å². The Kier molecular flexibility index (Phi) is 7.23. The molecule has 0 radical (unpaired) electrons. The van der Waals surface area contributed by atoms with Crippen LogP contribution in [0.4, 0.5) is 17.3 Å². The van der Waals surface area contributed by atoms with E-state index < -0.39 is 0 Å². The summed E-state index contributed by atoms with van der Waals surface area (Å²) < 4.78 is 0. The molecule has 1 amide bonds. The summed E-state index contributed by atoms with van der Waals surface area (Å²) in [5.41, 5.74) is 2.54. The second-order valence-corrected chi connectivity index (χ2v) is 7.57. The molecule has 3 rings (SSSR count). The van der Waals surface area contributed by atoms with Gasteiger partial charge in [-0.15, -0.1) is 0 Å². The fourth-order valence-electron chi connectivity index (χ4n) is 3.36. The predicted molar refractivity (Wildman–Crippen MR) is 114 cm³/mol. The molecular formula is C22H31N5O. The number of nitrogens with one attached hydrogen (secondary N) is 2. The summed E-state index contributed by atoms with van der Waals surface area (Å²) in [6, 6.07) is 9.97. The quantitative estimate of drug-likeness (QED) is 0.664. The number of piperidine rings is 1. The highest BCUT2D eigenvalue weighted by atomic mass is 16.1. The van der Waals surface area contributed by atoms with Gasteiger partial charge in [0.05, 0.1) is 0 Å². The van der Waals surface area contributed by atoms with Gasteiger partial charge in [0.1, 0.15) is 5.69 Å². The Hall–Kier alpha value is -2.63. The van der Waals surface area contributed by atoms with Crippen molar-refractivity contribution >= 4 is 23.2 Å². The predicted octanol–water partition coefficient (Wildman–Crippen LogP) is 4.38. The van der Waals surface area contributed by atoms with Gasteiger partial charge < -0.3 is 15.5 Å². The molecule has 1 fully saturated rings. The normalized spacial score (nSPS) is 14.7. The van der Waals surface area contributed by atoms with E-state index in [0.29, 0.717) is 18.2 Å². The van der Waals surface area contributed by atoms with Gasteiger partial charge >= 0.3 is 0 Å². The minimum Gasteiger partial charge on any atom is -0.372 e. The van der Waals surface area contributed by atoms with Crippen LogP contribution >= 0.6 is 0 Å². The average molecular weight is 382 g/mol. The highest BCUT2D eigenvalue weighted by Crippen LogP contribution is 2.24. The number of nitrogens with zero attached hydrogens (tertiary/aromatic N) is 3. The van der Waals surface area contributed by atoms with Crippen molar-refractivity contribution < 1.29 is 4.79 Å². The molecule has 6 nitrogen and oxygen atoms in total. The summed E-state index contributed by atoms with van der Waals surface area (Å²) in [6.07, 6.45) is 7.35. The van der Waals surface area contributed by atoms with E-state index in [4.69, 9.17) is 0 Å². The summed E-state index contributed by atoms with van der Waals surface area (Å²) in [7, 11) is 0. The van der Waals surface area contributed by atoms with E-state index >= 15 is 0 Å². The Morgan fingerprint density at radius 3 is 2.61 bits per heavy atom. The summed E-state index contributed by atoms with van der Waals surface area (Å²) in [5, 5.41) is 6.10. The number of hydrogen-bond acceptors (Lipinski definition) is 5. The Morgan fingerprint density at radius 2 is 1.89 bits per heavy atom. The van der Waals surface area contributed by atoms with Crippen LogP contribution in [0.2, 0.25) is 0 Å². The van der Waals surface area contributed by atoms with Gasteiger partial charge in [0.2, 0.25) is 5.95 Å². The molecule has 1 aliphatic heterocycles. The fraction of sp³-hybridized carbons (Fsp3) is 0.500. The molecule has 1 aliphatic rings. The van der Waals surface area contributed by atoms with Crippen LogP contribution in [0.1, 0.15) is 56.4 Å². The summed E-state index contributed by atoms with van der Waals surface area (Å²) in [4.78, 5) is 23.2. The number of carbonyl (C=O) groups is 1. The lowest BCUT2D eigenvalue weighted by Crippen LogP contribution is -2.32. The van der Waals surface area contributed by atoms with Gasteiger partial charge in [0, 0.05) is 37.2 Å². The van der Waals surface area contributed by atoms with Gasteiger partial charge in [0.15, 0.2) is 0 Å². The summed E-state index contributed by atoms with van der Waals surface area (Å²) >= 11 is 0. The highest BCUT2D eigenvalue weighted by molar-refractivity contribution is 5.92. The average Bonchev–Trinajstić information content (AvgIpc) is 2.72. The number of rotatable bonds is 8. The zero-order valence-corrected chi connectivity index (χ0v) is 16.9. The van der Waals surface area contributed by atoms with Crippen molar-refractivity contribution in [2.24, 2.45) is 5.92 Å². The van der Waals surface area contributed by atoms with E-state index in [1.165, 1.54) is 18.5 Å². The maximum atomic E-state index is 12.2. The Labute approximate surface area is 167 Å². The van der Waals surface area contributed by atoms with E-state index in [9.17, 15) is 4.79 Å². The number of anilines is 3. The van der Waals surface area contributed by atoms with Gasteiger partial charge in [-0.25, -0.2) is 9.97 Å². The fourth-order valence-corrected chi connectivity index (χ4v) is 3.36. The van der Waals surface area contributed by atoms with Crippen molar-refractivity contribution in [3.63, 3.8) is 0 Å². The third-order valence-electron chi connectivity index (χ3n) is 5.23. The maximum Gasteiger partial charge on any atom is 0.270 e. The molecule has 0 unspecified atom stereocenters. The van der Waals surface area contributed by atoms with Crippen LogP contribution in [0.25, 0.3) is 0 Å². The number of aromatic nitrogens is 2. The standard InChI is InChI=1S/C22H31N5O/c1-3-4-5-13-23-21(28)20-10-14-24-22(26-20)25-18-6-8-19(9-7-18)27-15-11-17(2)12-16-27/h6-10,14,17H,3-5,11-13,15-16H2,1-2H3,(H,23,28)(H,24,25,26). The van der Waals surface area contributed by atoms with E-state index in [0.717, 1.165) is 44.0 Å². The van der Waals surface area contributed by atoms with Gasteiger partial charge in [-0.05, 0) is 55.5 Å². The Morgan fingerprint density at radius 1 is 1.14 bits per heavy atom. The van der Waals surface area contributed by atoms with Crippen molar-refractivity contribution in [3.8, 4) is 0 Å². The lowest BCUT2D eigenvalue weighted by Gasteiger charge is -2.32. The van der Waals surface area contributed by atoms with E-state index in [-0.39, 0.29) is 5.91 Å². The molecule has 1 aromatic carbocycles. The first kappa shape index (κ1) is 20.1. The molecule has 0 bridgehead atoms. The monoisotopic (exact) mass is 381 g/mol. The minimum atomic E-state index is -0.156. The molecule has 1 saturated heterocycles. The second-order valence-electron chi connectivity index (χ2n) is 7.57. The topological polar surface area (TPSA) is 70.2 Å². The molecule has 0 spiro atoms. The number of unbranched alkanes of at least 4 members (excludes halogenated alkanes) is 2. The van der Waals surface area contributed by atoms with Crippen LogP contribution < -0.4 is 15.5 Å². The second kappa shape index (κ2) is 10.1. The summed E-state index contributed by atoms with van der Waals surface area (Å²) in [6.45, 7) is 7.38. The van der Waals surface area contributed by atoms with Crippen molar-refractivity contribution in [1.29, 1.82) is 0 Å². The van der Waals surface area contributed by atoms with Crippen molar-refractivity contribution in [3.05, 3.63) is 42.2 Å². The molecule has 6 heteroatoms. The molecular weight excluding hydrogens is 350 g/mol. The minimum absolute atomic E-state index is 0.156. The highest BCUT2D eigenvalue weighted by Gasteiger charge is 2.16. The smallest absolute Gasteiger partial charge is 0.270 e. The van der Waals surface area contributed by atoms with Crippen LogP contribution in [0.5, 0.6) is 0 Å². The zero-order chi connectivity index (χ0) is 19.8. The molecule has 2 N–H and O–H groups in total. The third kappa shape index (κ3) is 5.68. The van der Waals surface area contributed by atoms with Crippen molar-refractivity contribution in [1.82, 2.24) is 15.3 Å². The molecule has 0 aliphatic carbocycles. The SMILES string of the molecule is CCCCCNC(=O)c1ccnc(Nc2ccc(N3CCC(C)CC3)cc2)n1. The lowest BCUT2D eigenvalue weighted by molar-refractivity contribution is 0.0948. The Bertz CT molecular complexity index is 754. The third-order valence-corrected chi connectivity index (χ3v) is 5.23. The van der Waals surface area contributed by atoms with Gasteiger partial charge in [0.25, 0.3) is 5.91 Å². The number of benzene rings is 1. The van der Waals surface area contributed by atoms with E-state index in [2.05, 4.69) is 51.5 Å². The van der Waals surface area contributed by atoms with Gasteiger partial charge in [-0.2, -0.15) is 0 Å². The first-order chi connectivity index (χ1) is 13.7. The Balaban J connectivity index is 1.57. The first-order valence-electron chi connectivity index (χ1n) is 10.4. The zero-order valence-electron chi connectivity index (χ0n) is 16.9. The molecule has 0 saturated carbocycles. The maximum absolute atomic E-state index is 12.2. The molecule has 150 valence electrons. The van der Waals surface area contributed by atoms with Crippen molar-refractivity contribution in [2.45, 2.75) is 46.0 Å². The van der Waals surface area contributed by atoms with E-state index in [1.54, 1.807) is 12.3 Å². The molecule has 0 atom stereocenters. The molecule has 2 heterocycles. The molecule has 1 aromatic heterocycles. The van der Waals surface area contributed by atoms with Gasteiger partial charge in [-0.3, -0.25) is 4.79 Å². The van der Waals surface area contributed by atoms with Crippen LogP contribution in [0, 0.1) is 5.92 Å². The molecule has 2 aromatic rings. The number of amides is 1. The molecule has 28 heavy (non-hydrogen) atoms. The van der Waals surface area contributed by atoms with Crippen LogP contribution in [0.15, 0.2) is 36.5 Å². The first-order valence-corrected chi connectivity index (χ1v) is 10.4. The lowest BCUT2D eigenvalue weighted by atomic mass is 9.99. The van der Waals surface area contributed by atoms with E-state index in [1.807, 2.05) is 12.1 Å². The largest absolute Gasteiger partial charge is 0.372 e. The number of carbonyl (C=O) groups excluding carboxylic acids is 1. The number of hydrogen-bond donors (Lipinski definition) is 2. The van der Waals surface area contributed by atoms with Gasteiger partial charge in [-0.1, -0.05) is 26.7 Å². The summed E-state index contributed by atoms with van der Waals surface area (Å²) in [5.74, 6) is 1.10. The van der Waals surface area contributed by atoms with Crippen LogP contribution in [0.3, 0.4) is 0 Å². The van der Waals surface area contributed by atoms with Crippen LogP contribution in [-0.4, -0.2) is 35.5 Å².